The fraction of sp³-hybridized carbons (Fsp3) is 0.200. The quantitative estimate of drug-likeness (QED) is 0.476. The minimum Gasteiger partial charge on any atom is -0.496 e. The molecule has 3 aromatic rings. The van der Waals surface area contributed by atoms with Crippen molar-refractivity contribution < 1.29 is 23.1 Å². The van der Waals surface area contributed by atoms with Gasteiger partial charge in [0.15, 0.2) is 0 Å². The van der Waals surface area contributed by atoms with Gasteiger partial charge >= 0.3 is 0 Å². The maximum absolute atomic E-state index is 13.6. The number of carbonyl (C=O) groups is 2. The molecule has 0 unspecified atom stereocenters. The number of ether oxygens (including phenoxy) is 1. The lowest BCUT2D eigenvalue weighted by molar-refractivity contribution is -0.116. The number of benzene rings is 3. The summed E-state index contributed by atoms with van der Waals surface area (Å²) >= 11 is 0. The summed E-state index contributed by atoms with van der Waals surface area (Å²) in [6.45, 7) is 0.185. The van der Waals surface area contributed by atoms with E-state index in [9.17, 15) is 18.4 Å². The highest BCUT2D eigenvalue weighted by atomic mass is 19.1. The van der Waals surface area contributed by atoms with Gasteiger partial charge < -0.3 is 15.4 Å². The Morgan fingerprint density at radius 2 is 1.75 bits per heavy atom. The summed E-state index contributed by atoms with van der Waals surface area (Å²) in [4.78, 5) is 24.3. The van der Waals surface area contributed by atoms with E-state index < -0.39 is 17.5 Å². The van der Waals surface area contributed by atoms with E-state index >= 15 is 0 Å². The molecule has 2 amide bonds. The van der Waals surface area contributed by atoms with Gasteiger partial charge in [-0.05, 0) is 42.3 Å². The third-order valence-electron chi connectivity index (χ3n) is 4.84. The zero-order chi connectivity index (χ0) is 22.9. The number of carbonyl (C=O) groups excluding carboxylic acids is 2. The Kier molecular flexibility index (Phi) is 7.91. The van der Waals surface area contributed by atoms with Crippen LogP contribution in [0.3, 0.4) is 0 Å². The van der Waals surface area contributed by atoms with Crippen LogP contribution in [0.2, 0.25) is 0 Å². The second-order valence-corrected chi connectivity index (χ2v) is 7.22. The molecule has 3 rings (SSSR count). The van der Waals surface area contributed by atoms with Crippen LogP contribution in [0.25, 0.3) is 0 Å². The van der Waals surface area contributed by atoms with Gasteiger partial charge in [-0.1, -0.05) is 30.3 Å². The maximum Gasteiger partial charge on any atom is 0.254 e. The molecule has 2 N–H and O–H groups in total. The molecule has 0 fully saturated rings. The molecule has 32 heavy (non-hydrogen) atoms. The second kappa shape index (κ2) is 11.0. The fourth-order valence-electron chi connectivity index (χ4n) is 3.25. The highest BCUT2D eigenvalue weighted by Crippen LogP contribution is 2.25. The van der Waals surface area contributed by atoms with Crippen LogP contribution >= 0.6 is 0 Å². The Hall–Kier alpha value is -3.74. The summed E-state index contributed by atoms with van der Waals surface area (Å²) in [7, 11) is 1.61. The lowest BCUT2D eigenvalue weighted by Crippen LogP contribution is -2.26. The van der Waals surface area contributed by atoms with E-state index in [1.54, 1.807) is 13.2 Å². The van der Waals surface area contributed by atoms with E-state index in [2.05, 4.69) is 10.6 Å². The zero-order valence-corrected chi connectivity index (χ0v) is 17.7. The number of amides is 2. The van der Waals surface area contributed by atoms with Crippen LogP contribution in [0.1, 0.15) is 34.3 Å². The summed E-state index contributed by atoms with van der Waals surface area (Å²) in [6, 6.07) is 18.2. The highest BCUT2D eigenvalue weighted by molar-refractivity contribution is 5.94. The van der Waals surface area contributed by atoms with E-state index in [0.29, 0.717) is 24.6 Å². The van der Waals surface area contributed by atoms with Crippen molar-refractivity contribution >= 4 is 17.5 Å². The van der Waals surface area contributed by atoms with E-state index in [1.165, 1.54) is 0 Å². The number of rotatable bonds is 9. The Morgan fingerprint density at radius 3 is 2.47 bits per heavy atom. The van der Waals surface area contributed by atoms with Crippen molar-refractivity contribution in [3.05, 3.63) is 95.1 Å². The second-order valence-electron chi connectivity index (χ2n) is 7.22. The van der Waals surface area contributed by atoms with E-state index in [4.69, 9.17) is 4.74 Å². The maximum atomic E-state index is 13.6. The first-order chi connectivity index (χ1) is 15.5. The number of nitrogens with one attached hydrogen (secondary N) is 2. The first-order valence-electron chi connectivity index (χ1n) is 10.2. The number of hydrogen-bond donors (Lipinski definition) is 2. The first kappa shape index (κ1) is 22.9. The van der Waals surface area contributed by atoms with E-state index in [0.717, 1.165) is 29.0 Å². The predicted octanol–water partition coefficient (Wildman–Crippen LogP) is 4.71. The van der Waals surface area contributed by atoms with Gasteiger partial charge in [0.05, 0.1) is 12.7 Å². The van der Waals surface area contributed by atoms with Crippen molar-refractivity contribution in [1.82, 2.24) is 5.32 Å². The molecule has 0 saturated heterocycles. The van der Waals surface area contributed by atoms with Crippen molar-refractivity contribution in [2.24, 2.45) is 0 Å². The summed E-state index contributed by atoms with van der Waals surface area (Å²) in [6.07, 6.45) is 1.21. The molecule has 0 bridgehead atoms. The minimum absolute atomic E-state index is 0.173. The van der Waals surface area contributed by atoms with Crippen LogP contribution in [0.15, 0.2) is 66.7 Å². The SMILES string of the molecule is COc1ccc(NC(=O)CCCNC(=O)c2ccc(F)cc2F)cc1Cc1ccccc1. The molecule has 7 heteroatoms. The molecule has 166 valence electrons. The lowest BCUT2D eigenvalue weighted by atomic mass is 10.0. The van der Waals surface area contributed by atoms with Crippen LogP contribution in [0.4, 0.5) is 14.5 Å². The van der Waals surface area contributed by atoms with Gasteiger partial charge in [0, 0.05) is 36.7 Å². The number of halogens is 2. The van der Waals surface area contributed by atoms with Crippen molar-refractivity contribution in [3.8, 4) is 5.75 Å². The number of methoxy groups -OCH3 is 1. The average Bonchev–Trinajstić information content (AvgIpc) is 2.77. The van der Waals surface area contributed by atoms with Crippen molar-refractivity contribution in [1.29, 1.82) is 0 Å². The van der Waals surface area contributed by atoms with Gasteiger partial charge in [-0.25, -0.2) is 8.78 Å². The Bertz CT molecular complexity index is 1090. The molecule has 0 saturated carbocycles. The van der Waals surface area contributed by atoms with E-state index in [1.807, 2.05) is 42.5 Å². The fourth-order valence-corrected chi connectivity index (χ4v) is 3.25. The van der Waals surface area contributed by atoms with E-state index in [-0.39, 0.29) is 24.4 Å². The smallest absolute Gasteiger partial charge is 0.254 e. The zero-order valence-electron chi connectivity index (χ0n) is 17.7. The van der Waals surface area contributed by atoms with Gasteiger partial charge in [-0.15, -0.1) is 0 Å². The lowest BCUT2D eigenvalue weighted by Gasteiger charge is -2.12. The molecule has 0 aromatic heterocycles. The largest absolute Gasteiger partial charge is 0.496 e. The normalized spacial score (nSPS) is 10.5. The molecule has 0 aliphatic carbocycles. The third-order valence-corrected chi connectivity index (χ3v) is 4.84. The Balaban J connectivity index is 1.50. The van der Waals surface area contributed by atoms with Gasteiger partial charge in [0.1, 0.15) is 17.4 Å². The molecule has 3 aromatic carbocycles. The molecular weight excluding hydrogens is 414 g/mol. The highest BCUT2D eigenvalue weighted by Gasteiger charge is 2.12. The number of anilines is 1. The van der Waals surface area contributed by atoms with Crippen LogP contribution in [-0.4, -0.2) is 25.5 Å². The van der Waals surface area contributed by atoms with Crippen LogP contribution in [0, 0.1) is 11.6 Å². The average molecular weight is 438 g/mol. The molecule has 0 spiro atoms. The van der Waals surface area contributed by atoms with Gasteiger partial charge in [0.2, 0.25) is 5.91 Å². The molecule has 0 aliphatic heterocycles. The predicted molar refractivity (Wildman–Crippen MR) is 119 cm³/mol. The van der Waals surface area contributed by atoms with Crippen LogP contribution < -0.4 is 15.4 Å². The van der Waals surface area contributed by atoms with Crippen molar-refractivity contribution in [2.75, 3.05) is 19.0 Å². The summed E-state index contributed by atoms with van der Waals surface area (Å²) in [5.74, 6) is -1.79. The Labute approximate surface area is 185 Å². The first-order valence-corrected chi connectivity index (χ1v) is 10.2. The third kappa shape index (κ3) is 6.38. The molecular formula is C25H24F2N2O3. The van der Waals surface area contributed by atoms with Gasteiger partial charge in [-0.3, -0.25) is 9.59 Å². The van der Waals surface area contributed by atoms with Crippen LogP contribution in [0.5, 0.6) is 5.75 Å². The van der Waals surface area contributed by atoms with Gasteiger partial charge in [-0.2, -0.15) is 0 Å². The summed E-state index contributed by atoms with van der Waals surface area (Å²) in [5, 5.41) is 5.38. The Morgan fingerprint density at radius 1 is 0.969 bits per heavy atom. The molecule has 0 atom stereocenters. The standard InChI is InChI=1S/C25H24F2N2O3/c1-32-23-12-10-20(15-18(23)14-17-6-3-2-4-7-17)29-24(30)8-5-13-28-25(31)21-11-9-19(26)16-22(21)27/h2-4,6-7,9-12,15-16H,5,8,13-14H2,1H3,(H,28,31)(H,29,30). The topological polar surface area (TPSA) is 67.4 Å². The van der Waals surface area contributed by atoms with Crippen molar-refractivity contribution in [3.63, 3.8) is 0 Å². The molecule has 0 aliphatic rings. The molecule has 0 heterocycles. The molecule has 0 radical (unpaired) electrons. The molecule has 5 nitrogen and oxygen atoms in total. The van der Waals surface area contributed by atoms with Crippen molar-refractivity contribution in [2.45, 2.75) is 19.3 Å². The number of hydrogen-bond acceptors (Lipinski definition) is 3. The minimum atomic E-state index is -0.925. The summed E-state index contributed by atoms with van der Waals surface area (Å²) < 4.78 is 32.0. The van der Waals surface area contributed by atoms with Gasteiger partial charge in [0.25, 0.3) is 5.91 Å². The summed E-state index contributed by atoms with van der Waals surface area (Å²) in [5.41, 5.74) is 2.49. The van der Waals surface area contributed by atoms with Crippen LogP contribution in [-0.2, 0) is 11.2 Å². The monoisotopic (exact) mass is 438 g/mol.